The Hall–Kier alpha value is -3.22. The van der Waals surface area contributed by atoms with E-state index in [-0.39, 0.29) is 5.56 Å². The van der Waals surface area contributed by atoms with Gasteiger partial charge >= 0.3 is 0 Å². The second-order valence-electron chi connectivity index (χ2n) is 8.73. The van der Waals surface area contributed by atoms with Crippen LogP contribution >= 0.6 is 0 Å². The lowest BCUT2D eigenvalue weighted by Crippen LogP contribution is -2.34. The molecule has 2 aliphatic heterocycles. The van der Waals surface area contributed by atoms with Gasteiger partial charge in [0.2, 0.25) is 11.9 Å². The topological polar surface area (TPSA) is 78.0 Å². The molecule has 7 heteroatoms. The highest BCUT2D eigenvalue weighted by molar-refractivity contribution is 5.62. The van der Waals surface area contributed by atoms with Crippen molar-refractivity contribution in [3.63, 3.8) is 0 Å². The van der Waals surface area contributed by atoms with Gasteiger partial charge in [-0.2, -0.15) is 0 Å². The second-order valence-corrected chi connectivity index (χ2v) is 8.73. The fourth-order valence-corrected chi connectivity index (χ4v) is 4.48. The second kappa shape index (κ2) is 8.13. The van der Waals surface area contributed by atoms with Gasteiger partial charge in [-0.05, 0) is 43.2 Å². The van der Waals surface area contributed by atoms with E-state index < -0.39 is 0 Å². The van der Waals surface area contributed by atoms with Crippen LogP contribution < -0.4 is 15.4 Å². The molecule has 1 aromatic carbocycles. The van der Waals surface area contributed by atoms with E-state index >= 15 is 0 Å². The highest BCUT2D eigenvalue weighted by Gasteiger charge is 2.21. The minimum absolute atomic E-state index is 0.160. The van der Waals surface area contributed by atoms with Gasteiger partial charge in [-0.15, -0.1) is 0 Å². The molecule has 0 saturated carbocycles. The van der Waals surface area contributed by atoms with E-state index in [9.17, 15) is 4.79 Å². The highest BCUT2D eigenvalue weighted by atomic mass is 16.1. The summed E-state index contributed by atoms with van der Waals surface area (Å²) in [5.41, 5.74) is 4.75. The Morgan fingerprint density at radius 1 is 1.03 bits per heavy atom. The van der Waals surface area contributed by atoms with Crippen LogP contribution in [0.4, 0.5) is 11.9 Å². The zero-order valence-corrected chi connectivity index (χ0v) is 18.1. The van der Waals surface area contributed by atoms with E-state index in [4.69, 9.17) is 9.97 Å². The Morgan fingerprint density at radius 2 is 1.81 bits per heavy atom. The zero-order valence-electron chi connectivity index (χ0n) is 18.1. The third-order valence-corrected chi connectivity index (χ3v) is 6.47. The first kappa shape index (κ1) is 19.7. The van der Waals surface area contributed by atoms with E-state index in [1.54, 1.807) is 0 Å². The van der Waals surface area contributed by atoms with Crippen molar-refractivity contribution in [3.8, 4) is 11.3 Å². The predicted molar refractivity (Wildman–Crippen MR) is 122 cm³/mol. The molecule has 0 bridgehead atoms. The fraction of sp³-hybridized carbons (Fsp3) is 0.417. The summed E-state index contributed by atoms with van der Waals surface area (Å²) >= 11 is 0. The number of rotatable bonds is 3. The molecular formula is C24H28N6O. The lowest BCUT2D eigenvalue weighted by molar-refractivity contribution is 0.434. The standard InChI is InChI=1S/C24H28N6O/c1-16-7-10-29(11-8-16)23-25-14-20(17(2)26-23)21-13-22(31)28-24(27-21)30-12-9-18-5-3-4-6-19(18)15-30/h3-6,13-14,16H,7-12,15H2,1-2H3,(H,27,28,31). The number of aromatic nitrogens is 4. The zero-order chi connectivity index (χ0) is 21.4. The number of fused-ring (bicyclic) bond motifs is 1. The van der Waals surface area contributed by atoms with Gasteiger partial charge in [0.25, 0.3) is 5.56 Å². The first-order valence-electron chi connectivity index (χ1n) is 11.1. The quantitative estimate of drug-likeness (QED) is 0.706. The molecular weight excluding hydrogens is 388 g/mol. The minimum Gasteiger partial charge on any atom is -0.341 e. The molecule has 3 aromatic rings. The van der Waals surface area contributed by atoms with Crippen molar-refractivity contribution in [1.82, 2.24) is 19.9 Å². The Bertz CT molecular complexity index is 1150. The maximum Gasteiger partial charge on any atom is 0.252 e. The molecule has 1 saturated heterocycles. The number of nitrogens with one attached hydrogen (secondary N) is 1. The van der Waals surface area contributed by atoms with Crippen LogP contribution in [-0.4, -0.2) is 39.6 Å². The van der Waals surface area contributed by atoms with Crippen molar-refractivity contribution in [3.05, 3.63) is 63.7 Å². The third kappa shape index (κ3) is 4.04. The smallest absolute Gasteiger partial charge is 0.252 e. The molecule has 1 fully saturated rings. The number of hydrogen-bond acceptors (Lipinski definition) is 6. The van der Waals surface area contributed by atoms with Crippen molar-refractivity contribution >= 4 is 11.9 Å². The number of benzene rings is 1. The maximum atomic E-state index is 12.5. The summed E-state index contributed by atoms with van der Waals surface area (Å²) in [5.74, 6) is 2.13. The van der Waals surface area contributed by atoms with Crippen molar-refractivity contribution in [2.45, 2.75) is 39.7 Å². The fourth-order valence-electron chi connectivity index (χ4n) is 4.48. The average molecular weight is 417 g/mol. The Labute approximate surface area is 182 Å². The molecule has 31 heavy (non-hydrogen) atoms. The van der Waals surface area contributed by atoms with Gasteiger partial charge in [-0.1, -0.05) is 31.2 Å². The number of aromatic amines is 1. The summed E-state index contributed by atoms with van der Waals surface area (Å²) in [6, 6.07) is 9.98. The van der Waals surface area contributed by atoms with Gasteiger partial charge in [0.05, 0.1) is 11.4 Å². The number of H-pyrrole nitrogens is 1. The van der Waals surface area contributed by atoms with Crippen molar-refractivity contribution in [2.24, 2.45) is 5.92 Å². The maximum absolute atomic E-state index is 12.5. The summed E-state index contributed by atoms with van der Waals surface area (Å²) in [4.78, 5) is 33.9. The van der Waals surface area contributed by atoms with E-state index in [2.05, 4.69) is 51.0 Å². The Morgan fingerprint density at radius 3 is 2.58 bits per heavy atom. The molecule has 2 aliphatic rings. The summed E-state index contributed by atoms with van der Waals surface area (Å²) in [7, 11) is 0. The van der Waals surface area contributed by atoms with Gasteiger partial charge in [-0.3, -0.25) is 9.78 Å². The molecule has 0 aliphatic carbocycles. The summed E-state index contributed by atoms with van der Waals surface area (Å²) in [5, 5.41) is 0. The molecule has 0 amide bonds. The van der Waals surface area contributed by atoms with Gasteiger partial charge < -0.3 is 9.80 Å². The first-order chi connectivity index (χ1) is 15.1. The number of hydrogen-bond donors (Lipinski definition) is 1. The van der Waals surface area contributed by atoms with E-state index in [0.29, 0.717) is 11.6 Å². The normalized spacial score (nSPS) is 17.0. The number of anilines is 2. The average Bonchev–Trinajstić information content (AvgIpc) is 2.79. The summed E-state index contributed by atoms with van der Waals surface area (Å²) in [6.07, 6.45) is 5.09. The monoisotopic (exact) mass is 416 g/mol. The van der Waals surface area contributed by atoms with Crippen molar-refractivity contribution < 1.29 is 0 Å². The number of nitrogens with zero attached hydrogens (tertiary/aromatic N) is 5. The molecule has 160 valence electrons. The van der Waals surface area contributed by atoms with Crippen LogP contribution in [0.3, 0.4) is 0 Å². The molecule has 0 atom stereocenters. The molecule has 5 rings (SSSR count). The van der Waals surface area contributed by atoms with E-state index in [1.807, 2.05) is 13.1 Å². The third-order valence-electron chi connectivity index (χ3n) is 6.47. The lowest BCUT2D eigenvalue weighted by atomic mass is 10.00. The van der Waals surface area contributed by atoms with Gasteiger partial charge in [-0.25, -0.2) is 15.0 Å². The van der Waals surface area contributed by atoms with Crippen molar-refractivity contribution in [1.29, 1.82) is 0 Å². The molecule has 1 N–H and O–H groups in total. The summed E-state index contributed by atoms with van der Waals surface area (Å²) in [6.45, 7) is 7.81. The molecule has 7 nitrogen and oxygen atoms in total. The van der Waals surface area contributed by atoms with Crippen LogP contribution in [0.25, 0.3) is 11.3 Å². The summed E-state index contributed by atoms with van der Waals surface area (Å²) < 4.78 is 0. The number of piperidine rings is 1. The van der Waals surface area contributed by atoms with Gasteiger partial charge in [0, 0.05) is 44.0 Å². The van der Waals surface area contributed by atoms with Crippen LogP contribution in [0.15, 0.2) is 41.3 Å². The Kier molecular flexibility index (Phi) is 5.18. The SMILES string of the molecule is Cc1nc(N2CCC(C)CC2)ncc1-c1cc(=O)[nH]c(N2CCc3ccccc3C2)n1. The van der Waals surface area contributed by atoms with Crippen LogP contribution in [0, 0.1) is 12.8 Å². The van der Waals surface area contributed by atoms with Crippen LogP contribution in [0.5, 0.6) is 0 Å². The highest BCUT2D eigenvalue weighted by Crippen LogP contribution is 2.26. The molecule has 4 heterocycles. The Balaban J connectivity index is 1.42. The van der Waals surface area contributed by atoms with Gasteiger partial charge in [0.1, 0.15) is 0 Å². The molecule has 0 unspecified atom stereocenters. The molecule has 2 aromatic heterocycles. The first-order valence-corrected chi connectivity index (χ1v) is 11.1. The van der Waals surface area contributed by atoms with Crippen LogP contribution in [-0.2, 0) is 13.0 Å². The number of aryl methyl sites for hydroxylation is 1. The largest absolute Gasteiger partial charge is 0.341 e. The van der Waals surface area contributed by atoms with E-state index in [0.717, 1.165) is 55.7 Å². The van der Waals surface area contributed by atoms with Crippen LogP contribution in [0.2, 0.25) is 0 Å². The lowest BCUT2D eigenvalue weighted by Gasteiger charge is -2.30. The minimum atomic E-state index is -0.160. The van der Waals surface area contributed by atoms with Gasteiger partial charge in [0.15, 0.2) is 0 Å². The van der Waals surface area contributed by atoms with Crippen LogP contribution in [0.1, 0.15) is 36.6 Å². The van der Waals surface area contributed by atoms with E-state index in [1.165, 1.54) is 30.0 Å². The predicted octanol–water partition coefficient (Wildman–Crippen LogP) is 3.33. The molecule has 0 spiro atoms. The molecule has 0 radical (unpaired) electrons. The van der Waals surface area contributed by atoms with Crippen molar-refractivity contribution in [2.75, 3.05) is 29.4 Å².